The Kier molecular flexibility index (Phi) is 14.2. The summed E-state index contributed by atoms with van der Waals surface area (Å²) in [6.07, 6.45) is 2.23. The van der Waals surface area contributed by atoms with Gasteiger partial charge in [-0.3, -0.25) is 9.62 Å². The quantitative estimate of drug-likeness (QED) is 0.110. The van der Waals surface area contributed by atoms with Crippen LogP contribution in [0.3, 0.4) is 0 Å². The van der Waals surface area contributed by atoms with Crippen LogP contribution in [0.15, 0.2) is 60.8 Å². The summed E-state index contributed by atoms with van der Waals surface area (Å²) in [6, 6.07) is 18.4. The number of sulfonamides is 1. The number of carbonyl (C=O) groups excluding carboxylic acids is 1. The summed E-state index contributed by atoms with van der Waals surface area (Å²) < 4.78 is 54.9. The third-order valence-electron chi connectivity index (χ3n) is 7.74. The lowest BCUT2D eigenvalue weighted by Gasteiger charge is -2.28. The Balaban J connectivity index is 1.62. The fourth-order valence-corrected chi connectivity index (χ4v) is 6.11. The summed E-state index contributed by atoms with van der Waals surface area (Å²) in [5.74, 6) is 1.98. The van der Waals surface area contributed by atoms with Gasteiger partial charge in [0, 0.05) is 17.8 Å². The maximum atomic E-state index is 13.8. The van der Waals surface area contributed by atoms with Crippen molar-refractivity contribution in [1.82, 2.24) is 9.97 Å². The van der Waals surface area contributed by atoms with Crippen molar-refractivity contribution in [1.29, 1.82) is 5.26 Å². The molecule has 54 heavy (non-hydrogen) atoms. The first-order valence-electron chi connectivity index (χ1n) is 16.7. The van der Waals surface area contributed by atoms with Crippen molar-refractivity contribution in [2.24, 2.45) is 0 Å². The Hall–Kier alpha value is -4.97. The van der Waals surface area contributed by atoms with E-state index in [9.17, 15) is 18.5 Å². The van der Waals surface area contributed by atoms with Gasteiger partial charge in [-0.15, -0.1) is 11.6 Å². The minimum Gasteiger partial charge on any atom is -0.497 e. The second kappa shape index (κ2) is 18.4. The highest BCUT2D eigenvalue weighted by molar-refractivity contribution is 7.92. The molecular formula is C38H43Cl2N5O8S. The number of ether oxygens (including phenoxy) is 5. The van der Waals surface area contributed by atoms with Gasteiger partial charge in [-0.2, -0.15) is 10.2 Å². The zero-order valence-electron chi connectivity index (χ0n) is 31.1. The van der Waals surface area contributed by atoms with Crippen LogP contribution in [0, 0.1) is 11.3 Å². The molecule has 4 rings (SSSR count). The number of carbonyl (C=O) groups is 1. The molecule has 1 atom stereocenters. The highest BCUT2D eigenvalue weighted by Crippen LogP contribution is 2.34. The second-order valence-corrected chi connectivity index (χ2v) is 15.8. The Morgan fingerprint density at radius 3 is 2.33 bits per heavy atom. The fraction of sp³-hybridized carbons (Fsp3) is 0.368. The van der Waals surface area contributed by atoms with E-state index in [0.29, 0.717) is 51.1 Å². The average Bonchev–Trinajstić information content (AvgIpc) is 3.11. The highest BCUT2D eigenvalue weighted by atomic mass is 35.5. The number of aromatic nitrogens is 2. The summed E-state index contributed by atoms with van der Waals surface area (Å²) in [5, 5.41) is 10.0. The molecule has 0 aliphatic rings. The third-order valence-corrected chi connectivity index (χ3v) is 8.73. The van der Waals surface area contributed by atoms with Gasteiger partial charge in [0.25, 0.3) is 0 Å². The van der Waals surface area contributed by atoms with E-state index >= 15 is 0 Å². The van der Waals surface area contributed by atoms with Crippen LogP contribution in [-0.4, -0.2) is 63.0 Å². The van der Waals surface area contributed by atoms with Gasteiger partial charge in [0.15, 0.2) is 11.6 Å². The second-order valence-electron chi connectivity index (χ2n) is 13.2. The van der Waals surface area contributed by atoms with Gasteiger partial charge in [-0.25, -0.2) is 18.2 Å². The number of alkyl halides is 1. The number of rotatable bonds is 16. The van der Waals surface area contributed by atoms with Crippen LogP contribution in [0.25, 0.3) is 0 Å². The van der Waals surface area contributed by atoms with Crippen molar-refractivity contribution < 1.29 is 36.9 Å². The number of nitrogens with one attached hydrogen (secondary N) is 1. The number of hydrogen-bond donors (Lipinski definition) is 1. The van der Waals surface area contributed by atoms with Crippen molar-refractivity contribution in [3.8, 4) is 29.1 Å². The molecule has 4 aromatic rings. The largest absolute Gasteiger partial charge is 0.497 e. The molecule has 0 saturated carbocycles. The SMILES string of the molecule is COc1ccc(CN(C(=O)OC(C)(C)C)c2nc(NS(C)(=O)=O)ncc2COc2ccc(C(C)Cc3cc(Cl)c(OCCCl)c(C#N)c3)cc2)c(OC)c1. The lowest BCUT2D eigenvalue weighted by Crippen LogP contribution is -2.38. The molecule has 1 N–H and O–H groups in total. The average molecular weight is 801 g/mol. The van der Waals surface area contributed by atoms with Crippen molar-refractivity contribution in [2.45, 2.75) is 58.8 Å². The smallest absolute Gasteiger partial charge is 0.416 e. The van der Waals surface area contributed by atoms with Crippen LogP contribution in [0.4, 0.5) is 16.6 Å². The zero-order valence-corrected chi connectivity index (χ0v) is 33.4. The molecule has 0 saturated heterocycles. The summed E-state index contributed by atoms with van der Waals surface area (Å²) in [5.41, 5.74) is 2.33. The number of hydrogen-bond acceptors (Lipinski definition) is 11. The lowest BCUT2D eigenvalue weighted by atomic mass is 9.93. The van der Waals surface area contributed by atoms with Gasteiger partial charge in [0.2, 0.25) is 16.0 Å². The summed E-state index contributed by atoms with van der Waals surface area (Å²) in [6.45, 7) is 7.34. The van der Waals surface area contributed by atoms with Crippen LogP contribution >= 0.6 is 23.2 Å². The maximum Gasteiger partial charge on any atom is 0.416 e. The first-order chi connectivity index (χ1) is 25.5. The number of amides is 1. The molecule has 0 radical (unpaired) electrons. The number of anilines is 2. The normalized spacial score (nSPS) is 11.9. The highest BCUT2D eigenvalue weighted by Gasteiger charge is 2.29. The maximum absolute atomic E-state index is 13.8. The fourth-order valence-electron chi connectivity index (χ4n) is 5.31. The van der Waals surface area contributed by atoms with Crippen LogP contribution < -0.4 is 28.6 Å². The summed E-state index contributed by atoms with van der Waals surface area (Å²) in [4.78, 5) is 23.7. The molecule has 0 bridgehead atoms. The predicted molar refractivity (Wildman–Crippen MR) is 208 cm³/mol. The van der Waals surface area contributed by atoms with E-state index < -0.39 is 21.7 Å². The van der Waals surface area contributed by atoms with Crippen LogP contribution in [-0.2, 0) is 34.3 Å². The minimum atomic E-state index is -3.76. The first-order valence-corrected chi connectivity index (χ1v) is 19.5. The van der Waals surface area contributed by atoms with Crippen LogP contribution in [0.1, 0.15) is 61.4 Å². The number of halogens is 2. The molecule has 0 aliphatic heterocycles. The molecule has 16 heteroatoms. The van der Waals surface area contributed by atoms with Gasteiger partial charge in [0.05, 0.1) is 49.0 Å². The molecule has 1 aromatic heterocycles. The number of benzene rings is 3. The van der Waals surface area contributed by atoms with E-state index in [-0.39, 0.29) is 43.3 Å². The lowest BCUT2D eigenvalue weighted by molar-refractivity contribution is 0.0575. The Bertz CT molecular complexity index is 2090. The molecule has 1 heterocycles. The topological polar surface area (TPSA) is 162 Å². The number of nitriles is 1. The van der Waals surface area contributed by atoms with Gasteiger partial charge in [0.1, 0.15) is 42.1 Å². The van der Waals surface area contributed by atoms with Gasteiger partial charge >= 0.3 is 6.09 Å². The molecule has 0 spiro atoms. The van der Waals surface area contributed by atoms with E-state index in [1.165, 1.54) is 25.3 Å². The van der Waals surface area contributed by atoms with E-state index in [0.717, 1.165) is 17.4 Å². The van der Waals surface area contributed by atoms with Crippen LogP contribution in [0.2, 0.25) is 5.02 Å². The molecule has 0 aliphatic carbocycles. The Labute approximate surface area is 326 Å². The molecule has 0 fully saturated rings. The molecule has 13 nitrogen and oxygen atoms in total. The van der Waals surface area contributed by atoms with Gasteiger partial charge in [-0.1, -0.05) is 30.7 Å². The van der Waals surface area contributed by atoms with E-state index in [1.807, 2.05) is 24.3 Å². The van der Waals surface area contributed by atoms with Crippen molar-refractivity contribution in [2.75, 3.05) is 42.6 Å². The van der Waals surface area contributed by atoms with Crippen molar-refractivity contribution in [3.63, 3.8) is 0 Å². The monoisotopic (exact) mass is 799 g/mol. The van der Waals surface area contributed by atoms with Crippen molar-refractivity contribution in [3.05, 3.63) is 93.6 Å². The van der Waals surface area contributed by atoms with Crippen LogP contribution in [0.5, 0.6) is 23.0 Å². The zero-order chi connectivity index (χ0) is 39.6. The number of nitrogens with zero attached hydrogens (tertiary/aromatic N) is 4. The van der Waals surface area contributed by atoms with Gasteiger partial charge in [-0.05, 0) is 80.6 Å². The van der Waals surface area contributed by atoms with Gasteiger partial charge < -0.3 is 23.7 Å². The van der Waals surface area contributed by atoms with E-state index in [2.05, 4.69) is 27.7 Å². The molecule has 1 unspecified atom stereocenters. The summed E-state index contributed by atoms with van der Waals surface area (Å²) in [7, 11) is -0.734. The van der Waals surface area contributed by atoms with E-state index in [4.69, 9.17) is 46.9 Å². The molecule has 3 aromatic carbocycles. The molecule has 288 valence electrons. The Morgan fingerprint density at radius 2 is 1.72 bits per heavy atom. The first kappa shape index (κ1) is 41.8. The molecule has 1 amide bonds. The predicted octanol–water partition coefficient (Wildman–Crippen LogP) is 7.87. The summed E-state index contributed by atoms with van der Waals surface area (Å²) >= 11 is 12.2. The Morgan fingerprint density at radius 1 is 1.02 bits per heavy atom. The standard InChI is InChI=1S/C38H43Cl2N5O8S/c1-24(16-25-17-28(20-41)34(32(40)18-25)51-15-14-39)26-8-11-30(12-9-26)52-23-29-21-42-36(44-54(7,47)48)43-35(29)45(37(46)53-38(2,3)4)22-27-10-13-31(49-5)19-33(27)50-6/h8-13,17-19,21,24H,14-16,22-23H2,1-7H3,(H,42,43,44). The minimum absolute atomic E-state index is 0.0583. The number of methoxy groups -OCH3 is 2. The third kappa shape index (κ3) is 11.8. The molecular weight excluding hydrogens is 757 g/mol. The van der Waals surface area contributed by atoms with E-state index in [1.54, 1.807) is 51.1 Å². The van der Waals surface area contributed by atoms with Crippen molar-refractivity contribution >= 4 is 51.1 Å².